The van der Waals surface area contributed by atoms with Gasteiger partial charge in [-0.15, -0.1) is 0 Å². The van der Waals surface area contributed by atoms with E-state index in [1.54, 1.807) is 0 Å². The third kappa shape index (κ3) is 34.0. The van der Waals surface area contributed by atoms with Gasteiger partial charge in [-0.25, -0.2) is 0 Å². The summed E-state index contributed by atoms with van der Waals surface area (Å²) >= 11 is 0. The quantitative estimate of drug-likeness (QED) is 0.0361. The van der Waals surface area contributed by atoms with Gasteiger partial charge in [-0.1, -0.05) is 104 Å². The number of hydrogen-bond acceptors (Lipinski definition) is 9. The number of likely N-dealkylation sites (N-methyl/N-ethyl adjacent to an activating group) is 1. The number of hydrogen-bond donors (Lipinski definition) is 0. The Morgan fingerprint density at radius 1 is 0.500 bits per heavy atom. The molecule has 0 heterocycles. The minimum atomic E-state index is -0.382. The van der Waals surface area contributed by atoms with E-state index in [1.165, 1.54) is 0 Å². The standard InChI is InChI=1S/C39H73NO8/c1-5-7-9-19-25-35(41)31-38(43)47-29-23-17-12-11-15-21-27-45-34-37(33-40(3)4)46-28-22-16-13-14-18-24-30-48-39(44)32-36(42)26-20-10-8-6-2/h37H,5-34H2,1-4H3. The molecule has 282 valence electrons. The van der Waals surface area contributed by atoms with E-state index in [4.69, 9.17) is 18.9 Å². The number of ether oxygens (including phenoxy) is 4. The van der Waals surface area contributed by atoms with Crippen molar-refractivity contribution in [1.29, 1.82) is 0 Å². The Morgan fingerprint density at radius 3 is 1.33 bits per heavy atom. The SMILES string of the molecule is CCCCCCC(=O)CC(=O)OCCCCCCCCOCC(CN(C)C)OCCCCCCCCOC(=O)CC(=O)CCCCCC. The van der Waals surface area contributed by atoms with E-state index >= 15 is 0 Å². The first-order valence-electron chi connectivity index (χ1n) is 19.5. The fourth-order valence-electron chi connectivity index (χ4n) is 5.42. The Morgan fingerprint density at radius 2 is 0.896 bits per heavy atom. The molecule has 0 saturated carbocycles. The summed E-state index contributed by atoms with van der Waals surface area (Å²) in [6, 6.07) is 0. The molecule has 0 N–H and O–H groups in total. The molecule has 0 aromatic heterocycles. The lowest BCUT2D eigenvalue weighted by atomic mass is 10.1. The average molecular weight is 684 g/mol. The van der Waals surface area contributed by atoms with Gasteiger partial charge >= 0.3 is 11.9 Å². The van der Waals surface area contributed by atoms with Gasteiger partial charge in [0.1, 0.15) is 24.4 Å². The lowest BCUT2D eigenvalue weighted by Crippen LogP contribution is -2.32. The van der Waals surface area contributed by atoms with Crippen molar-refractivity contribution in [2.24, 2.45) is 0 Å². The molecule has 0 rings (SSSR count). The van der Waals surface area contributed by atoms with Gasteiger partial charge in [0.25, 0.3) is 0 Å². The molecule has 0 aromatic carbocycles. The van der Waals surface area contributed by atoms with Crippen molar-refractivity contribution in [2.75, 3.05) is 53.7 Å². The molecule has 0 saturated heterocycles. The lowest BCUT2D eigenvalue weighted by Gasteiger charge is -2.21. The molecule has 9 heteroatoms. The third-order valence-corrected chi connectivity index (χ3v) is 8.28. The monoisotopic (exact) mass is 684 g/mol. The van der Waals surface area contributed by atoms with Crippen LogP contribution in [0.3, 0.4) is 0 Å². The summed E-state index contributed by atoms with van der Waals surface area (Å²) in [6.07, 6.45) is 21.7. The van der Waals surface area contributed by atoms with Crippen LogP contribution in [-0.4, -0.2) is 88.2 Å². The van der Waals surface area contributed by atoms with Gasteiger partial charge < -0.3 is 23.8 Å². The van der Waals surface area contributed by atoms with Crippen molar-refractivity contribution in [2.45, 2.75) is 174 Å². The fraction of sp³-hybridized carbons (Fsp3) is 0.897. The first-order chi connectivity index (χ1) is 23.3. The first-order valence-corrected chi connectivity index (χ1v) is 19.5. The summed E-state index contributed by atoms with van der Waals surface area (Å²) in [4.78, 5) is 49.4. The maximum absolute atomic E-state index is 11.8. The molecule has 0 aliphatic rings. The highest BCUT2D eigenvalue weighted by molar-refractivity contribution is 5.95. The highest BCUT2D eigenvalue weighted by atomic mass is 16.5. The predicted octanol–water partition coefficient (Wildman–Crippen LogP) is 8.58. The number of nitrogens with zero attached hydrogens (tertiary/aromatic N) is 1. The Labute approximate surface area is 293 Å². The van der Waals surface area contributed by atoms with Crippen molar-refractivity contribution in [3.8, 4) is 0 Å². The van der Waals surface area contributed by atoms with E-state index in [2.05, 4.69) is 32.8 Å². The summed E-state index contributed by atoms with van der Waals surface area (Å²) in [5, 5.41) is 0. The Kier molecular flexibility index (Phi) is 33.7. The summed E-state index contributed by atoms with van der Waals surface area (Å²) in [5.74, 6) is -0.774. The average Bonchev–Trinajstić information content (AvgIpc) is 3.04. The lowest BCUT2D eigenvalue weighted by molar-refractivity contribution is -0.147. The Hall–Kier alpha value is -1.84. The molecule has 0 aromatic rings. The summed E-state index contributed by atoms with van der Waals surface area (Å²) in [6.45, 7) is 7.99. The number of unbranched alkanes of at least 4 members (excludes halogenated alkanes) is 16. The Bertz CT molecular complexity index is 788. The number of esters is 2. The summed E-state index contributed by atoms with van der Waals surface area (Å²) in [7, 11) is 4.10. The molecule has 0 aliphatic carbocycles. The minimum Gasteiger partial charge on any atom is -0.465 e. The molecule has 0 spiro atoms. The van der Waals surface area contributed by atoms with Crippen LogP contribution in [0.4, 0.5) is 0 Å². The zero-order chi connectivity index (χ0) is 35.5. The second-order valence-corrected chi connectivity index (χ2v) is 13.6. The highest BCUT2D eigenvalue weighted by Gasteiger charge is 2.13. The molecule has 0 amide bonds. The maximum atomic E-state index is 11.8. The molecule has 1 atom stereocenters. The van der Waals surface area contributed by atoms with Crippen LogP contribution in [0.2, 0.25) is 0 Å². The molecule has 0 aliphatic heterocycles. The van der Waals surface area contributed by atoms with Gasteiger partial charge in [-0.3, -0.25) is 19.2 Å². The molecule has 9 nitrogen and oxygen atoms in total. The van der Waals surface area contributed by atoms with Crippen LogP contribution in [-0.2, 0) is 38.1 Å². The molecular weight excluding hydrogens is 610 g/mol. The Balaban J connectivity index is 3.67. The number of carbonyl (C=O) groups excluding carboxylic acids is 4. The number of carbonyl (C=O) groups is 4. The van der Waals surface area contributed by atoms with Crippen LogP contribution >= 0.6 is 0 Å². The van der Waals surface area contributed by atoms with Gasteiger partial charge in [0.2, 0.25) is 0 Å². The molecule has 0 bridgehead atoms. The molecule has 0 radical (unpaired) electrons. The van der Waals surface area contributed by atoms with E-state index in [0.29, 0.717) is 32.7 Å². The molecule has 1 unspecified atom stereocenters. The predicted molar refractivity (Wildman–Crippen MR) is 193 cm³/mol. The highest BCUT2D eigenvalue weighted by Crippen LogP contribution is 2.10. The molecule has 48 heavy (non-hydrogen) atoms. The minimum absolute atomic E-state index is 0.00498. The van der Waals surface area contributed by atoms with E-state index in [0.717, 1.165) is 148 Å². The number of Topliss-reactive ketones (excluding diaryl/α,β-unsaturated/α-hetero) is 2. The molecule has 0 fully saturated rings. The number of rotatable bonds is 37. The zero-order valence-electron chi connectivity index (χ0n) is 31.5. The first kappa shape index (κ1) is 46.2. The summed E-state index contributed by atoms with van der Waals surface area (Å²) in [5.41, 5.74) is 0. The van der Waals surface area contributed by atoms with Crippen molar-refractivity contribution in [3.63, 3.8) is 0 Å². The van der Waals surface area contributed by atoms with Crippen LogP contribution in [0.25, 0.3) is 0 Å². The van der Waals surface area contributed by atoms with E-state index in [-0.39, 0.29) is 42.5 Å². The van der Waals surface area contributed by atoms with Crippen LogP contribution in [0, 0.1) is 0 Å². The van der Waals surface area contributed by atoms with Gasteiger partial charge in [0.15, 0.2) is 0 Å². The topological polar surface area (TPSA) is 108 Å². The van der Waals surface area contributed by atoms with Gasteiger partial charge in [0, 0.05) is 32.6 Å². The van der Waals surface area contributed by atoms with Gasteiger partial charge in [-0.05, 0) is 52.6 Å². The molecular formula is C39H73NO8. The third-order valence-electron chi connectivity index (χ3n) is 8.28. The zero-order valence-corrected chi connectivity index (χ0v) is 31.5. The van der Waals surface area contributed by atoms with E-state index < -0.39 is 0 Å². The van der Waals surface area contributed by atoms with Crippen LogP contribution in [0.5, 0.6) is 0 Å². The van der Waals surface area contributed by atoms with Gasteiger partial charge in [-0.2, -0.15) is 0 Å². The van der Waals surface area contributed by atoms with Crippen LogP contribution in [0.15, 0.2) is 0 Å². The van der Waals surface area contributed by atoms with Crippen molar-refractivity contribution in [3.05, 3.63) is 0 Å². The van der Waals surface area contributed by atoms with Crippen LogP contribution < -0.4 is 0 Å². The largest absolute Gasteiger partial charge is 0.465 e. The van der Waals surface area contributed by atoms with Crippen molar-refractivity contribution < 1.29 is 38.1 Å². The van der Waals surface area contributed by atoms with Crippen molar-refractivity contribution >= 4 is 23.5 Å². The van der Waals surface area contributed by atoms with E-state index in [9.17, 15) is 19.2 Å². The maximum Gasteiger partial charge on any atom is 0.313 e. The second-order valence-electron chi connectivity index (χ2n) is 13.6. The van der Waals surface area contributed by atoms with E-state index in [1.807, 2.05) is 0 Å². The van der Waals surface area contributed by atoms with Crippen molar-refractivity contribution in [1.82, 2.24) is 4.90 Å². The summed E-state index contributed by atoms with van der Waals surface area (Å²) < 4.78 is 22.5. The smallest absolute Gasteiger partial charge is 0.313 e. The van der Waals surface area contributed by atoms with Crippen LogP contribution in [0.1, 0.15) is 168 Å². The van der Waals surface area contributed by atoms with Gasteiger partial charge in [0.05, 0.1) is 25.9 Å². The fourth-order valence-corrected chi connectivity index (χ4v) is 5.42. The number of ketones is 2. The second kappa shape index (κ2) is 35.0. The normalized spacial score (nSPS) is 11.9.